The van der Waals surface area contributed by atoms with E-state index in [0.717, 1.165) is 5.75 Å². The van der Waals surface area contributed by atoms with Crippen LogP contribution in [-0.4, -0.2) is 6.26 Å². The number of hydrogen-bond donors (Lipinski definition) is 0. The molecule has 0 fully saturated rings. The Labute approximate surface area is 80.5 Å². The normalized spacial score (nSPS) is 10.1. The predicted octanol–water partition coefficient (Wildman–Crippen LogP) is 3.62. The van der Waals surface area contributed by atoms with Gasteiger partial charge in [0.15, 0.2) is 0 Å². The highest BCUT2D eigenvalue weighted by Gasteiger charge is 1.95. The van der Waals surface area contributed by atoms with E-state index in [1.54, 1.807) is 0 Å². The molecular formula is C9H11BrS. The highest BCUT2D eigenvalue weighted by Crippen LogP contribution is 2.19. The number of thioether (sulfide) groups is 1. The zero-order valence-corrected chi connectivity index (χ0v) is 9.13. The Balaban J connectivity index is 2.86. The molecule has 60 valence electrons. The molecular weight excluding hydrogens is 220 g/mol. The van der Waals surface area contributed by atoms with Crippen LogP contribution in [-0.2, 0) is 5.75 Å². The van der Waals surface area contributed by atoms with E-state index in [1.807, 2.05) is 11.8 Å². The van der Waals surface area contributed by atoms with Crippen LogP contribution in [0, 0.1) is 6.92 Å². The molecule has 0 heterocycles. The molecule has 0 radical (unpaired) electrons. The molecule has 0 bridgehead atoms. The summed E-state index contributed by atoms with van der Waals surface area (Å²) in [5, 5.41) is 0. The fraction of sp³-hybridized carbons (Fsp3) is 0.333. The molecule has 0 saturated carbocycles. The van der Waals surface area contributed by atoms with Gasteiger partial charge in [0.1, 0.15) is 0 Å². The maximum absolute atomic E-state index is 3.47. The second-order valence-corrected chi connectivity index (χ2v) is 4.24. The summed E-state index contributed by atoms with van der Waals surface area (Å²) in [7, 11) is 0. The zero-order chi connectivity index (χ0) is 8.27. The third-order valence-corrected chi connectivity index (χ3v) is 3.05. The van der Waals surface area contributed by atoms with Crippen LogP contribution in [0.2, 0.25) is 0 Å². The Morgan fingerprint density at radius 3 is 2.73 bits per heavy atom. The third kappa shape index (κ3) is 2.53. The van der Waals surface area contributed by atoms with Gasteiger partial charge in [-0.25, -0.2) is 0 Å². The lowest BCUT2D eigenvalue weighted by molar-refractivity contribution is 1.33. The van der Waals surface area contributed by atoms with Crippen molar-refractivity contribution < 1.29 is 0 Å². The monoisotopic (exact) mass is 230 g/mol. The number of rotatable bonds is 2. The summed E-state index contributed by atoms with van der Waals surface area (Å²) in [6.45, 7) is 2.12. The Kier molecular flexibility index (Phi) is 3.46. The summed E-state index contributed by atoms with van der Waals surface area (Å²) in [4.78, 5) is 0. The largest absolute Gasteiger partial charge is 0.161 e. The number of hydrogen-bond acceptors (Lipinski definition) is 1. The summed E-state index contributed by atoms with van der Waals surface area (Å²) >= 11 is 5.33. The van der Waals surface area contributed by atoms with Gasteiger partial charge in [0.05, 0.1) is 0 Å². The summed E-state index contributed by atoms with van der Waals surface area (Å²) < 4.78 is 1.20. The van der Waals surface area contributed by atoms with Gasteiger partial charge in [-0.1, -0.05) is 28.1 Å². The van der Waals surface area contributed by atoms with Gasteiger partial charge in [-0.3, -0.25) is 0 Å². The smallest absolute Gasteiger partial charge is 0.0204 e. The Bertz CT molecular complexity index is 245. The Morgan fingerprint density at radius 2 is 2.18 bits per heavy atom. The molecule has 0 unspecified atom stereocenters. The van der Waals surface area contributed by atoms with Gasteiger partial charge in [-0.15, -0.1) is 0 Å². The maximum atomic E-state index is 3.47. The number of aryl methyl sites for hydroxylation is 1. The zero-order valence-electron chi connectivity index (χ0n) is 6.73. The van der Waals surface area contributed by atoms with E-state index < -0.39 is 0 Å². The van der Waals surface area contributed by atoms with Crippen molar-refractivity contribution in [3.8, 4) is 0 Å². The Hall–Kier alpha value is 0.0500. The van der Waals surface area contributed by atoms with E-state index in [9.17, 15) is 0 Å². The van der Waals surface area contributed by atoms with E-state index in [1.165, 1.54) is 15.6 Å². The van der Waals surface area contributed by atoms with E-state index >= 15 is 0 Å². The fourth-order valence-electron chi connectivity index (χ4n) is 0.963. The quantitative estimate of drug-likeness (QED) is 0.749. The lowest BCUT2D eigenvalue weighted by atomic mass is 10.2. The van der Waals surface area contributed by atoms with E-state index in [-0.39, 0.29) is 0 Å². The lowest BCUT2D eigenvalue weighted by Gasteiger charge is -2.01. The first-order valence-corrected chi connectivity index (χ1v) is 5.66. The van der Waals surface area contributed by atoms with Gasteiger partial charge in [-0.05, 0) is 30.4 Å². The number of halogens is 1. The summed E-state index contributed by atoms with van der Waals surface area (Å²) in [6.07, 6.45) is 2.12. The Morgan fingerprint density at radius 1 is 1.45 bits per heavy atom. The van der Waals surface area contributed by atoms with Gasteiger partial charge in [0.2, 0.25) is 0 Å². The fourth-order valence-corrected chi connectivity index (χ4v) is 1.72. The minimum Gasteiger partial charge on any atom is -0.161 e. The van der Waals surface area contributed by atoms with E-state index in [4.69, 9.17) is 0 Å². The molecule has 0 amide bonds. The van der Waals surface area contributed by atoms with Crippen molar-refractivity contribution >= 4 is 27.7 Å². The molecule has 2 heteroatoms. The van der Waals surface area contributed by atoms with Crippen LogP contribution in [0.5, 0.6) is 0 Å². The summed E-state index contributed by atoms with van der Waals surface area (Å²) in [5.74, 6) is 1.11. The molecule has 0 N–H and O–H groups in total. The number of benzene rings is 1. The molecule has 0 aromatic heterocycles. The molecule has 11 heavy (non-hydrogen) atoms. The minimum atomic E-state index is 1.11. The second-order valence-electron chi connectivity index (χ2n) is 2.52. The van der Waals surface area contributed by atoms with Crippen molar-refractivity contribution in [3.05, 3.63) is 33.8 Å². The average Bonchev–Trinajstić information content (AvgIpc) is 1.98. The van der Waals surface area contributed by atoms with Crippen molar-refractivity contribution in [1.82, 2.24) is 0 Å². The molecule has 0 aliphatic carbocycles. The molecule has 1 rings (SSSR count). The predicted molar refractivity (Wildman–Crippen MR) is 56.1 cm³/mol. The second kappa shape index (κ2) is 4.17. The van der Waals surface area contributed by atoms with Crippen molar-refractivity contribution in [3.63, 3.8) is 0 Å². The minimum absolute atomic E-state index is 1.11. The van der Waals surface area contributed by atoms with Gasteiger partial charge in [0.25, 0.3) is 0 Å². The molecule has 0 spiro atoms. The van der Waals surface area contributed by atoms with Crippen molar-refractivity contribution in [1.29, 1.82) is 0 Å². The van der Waals surface area contributed by atoms with Crippen molar-refractivity contribution in [2.45, 2.75) is 12.7 Å². The topological polar surface area (TPSA) is 0 Å². The first kappa shape index (κ1) is 9.14. The molecule has 0 aliphatic rings. The summed E-state index contributed by atoms with van der Waals surface area (Å²) in [6, 6.07) is 6.50. The SMILES string of the molecule is CSCc1ccc(Br)c(C)c1. The van der Waals surface area contributed by atoms with E-state index in [0.29, 0.717) is 0 Å². The molecule has 1 aromatic rings. The van der Waals surface area contributed by atoms with Crippen LogP contribution >= 0.6 is 27.7 Å². The van der Waals surface area contributed by atoms with E-state index in [2.05, 4.69) is 47.3 Å². The highest BCUT2D eigenvalue weighted by molar-refractivity contribution is 9.10. The van der Waals surface area contributed by atoms with Gasteiger partial charge in [-0.2, -0.15) is 11.8 Å². The standard InChI is InChI=1S/C9H11BrS/c1-7-5-8(6-11-2)3-4-9(7)10/h3-5H,6H2,1-2H3. The van der Waals surface area contributed by atoms with Crippen LogP contribution in [0.15, 0.2) is 22.7 Å². The maximum Gasteiger partial charge on any atom is 0.0204 e. The molecule has 0 aliphatic heterocycles. The average molecular weight is 231 g/mol. The first-order valence-electron chi connectivity index (χ1n) is 3.48. The molecule has 0 atom stereocenters. The van der Waals surface area contributed by atoms with Crippen molar-refractivity contribution in [2.75, 3.05) is 6.26 Å². The molecule has 0 nitrogen and oxygen atoms in total. The lowest BCUT2D eigenvalue weighted by Crippen LogP contribution is -1.82. The first-order chi connectivity index (χ1) is 5.24. The van der Waals surface area contributed by atoms with Crippen LogP contribution in [0.4, 0.5) is 0 Å². The summed E-state index contributed by atoms with van der Waals surface area (Å²) in [5.41, 5.74) is 2.72. The third-order valence-electron chi connectivity index (χ3n) is 1.53. The molecule has 0 saturated heterocycles. The van der Waals surface area contributed by atoms with Crippen LogP contribution < -0.4 is 0 Å². The van der Waals surface area contributed by atoms with Gasteiger partial charge < -0.3 is 0 Å². The van der Waals surface area contributed by atoms with Crippen molar-refractivity contribution in [2.24, 2.45) is 0 Å². The van der Waals surface area contributed by atoms with Crippen LogP contribution in [0.1, 0.15) is 11.1 Å². The van der Waals surface area contributed by atoms with Crippen LogP contribution in [0.25, 0.3) is 0 Å². The van der Waals surface area contributed by atoms with Crippen LogP contribution in [0.3, 0.4) is 0 Å². The molecule has 1 aromatic carbocycles. The van der Waals surface area contributed by atoms with Gasteiger partial charge >= 0.3 is 0 Å². The highest BCUT2D eigenvalue weighted by atomic mass is 79.9. The van der Waals surface area contributed by atoms with Gasteiger partial charge in [0, 0.05) is 10.2 Å².